The maximum Gasteiger partial charge on any atom is 0.145 e. The van der Waals surface area contributed by atoms with Crippen LogP contribution in [-0.4, -0.2) is 0 Å². The molecule has 3 nitrogen and oxygen atoms in total. The van der Waals surface area contributed by atoms with Crippen LogP contribution in [0.4, 0.5) is 34.1 Å². The molecule has 0 bridgehead atoms. The first-order valence-electron chi connectivity index (χ1n) is 22.2. The van der Waals surface area contributed by atoms with Gasteiger partial charge in [0.2, 0.25) is 0 Å². The number of para-hydroxylation sites is 5. The highest BCUT2D eigenvalue weighted by atomic mass is 32.1. The fraction of sp³-hybridized carbons (Fsp3) is 0.0164. The van der Waals surface area contributed by atoms with Crippen LogP contribution in [0.15, 0.2) is 247 Å². The summed E-state index contributed by atoms with van der Waals surface area (Å²) in [4.78, 5) is 4.87. The molecule has 10 aromatic carbocycles. The number of nitrogens with zero attached hydrogens (tertiary/aromatic N) is 2. The van der Waals surface area contributed by atoms with Crippen molar-refractivity contribution in [3.63, 3.8) is 0 Å². The molecule has 0 spiro atoms. The Labute approximate surface area is 381 Å². The number of hydrogen-bond donors (Lipinski definition) is 0. The van der Waals surface area contributed by atoms with Crippen molar-refractivity contribution in [2.75, 3.05) is 9.80 Å². The lowest BCUT2D eigenvalue weighted by molar-refractivity contribution is 0.669. The summed E-state index contributed by atoms with van der Waals surface area (Å²) in [6, 6.07) is 88.0. The third kappa shape index (κ3) is 5.61. The van der Waals surface area contributed by atoms with Crippen LogP contribution in [0.25, 0.3) is 53.2 Å². The molecule has 306 valence electrons. The van der Waals surface area contributed by atoms with Crippen LogP contribution >= 0.6 is 11.3 Å². The summed E-state index contributed by atoms with van der Waals surface area (Å²) in [6.45, 7) is 0. The van der Waals surface area contributed by atoms with E-state index in [4.69, 9.17) is 4.42 Å². The fourth-order valence-corrected chi connectivity index (χ4v) is 11.9. The van der Waals surface area contributed by atoms with E-state index >= 15 is 0 Å². The fourth-order valence-electron chi connectivity index (χ4n) is 10.7. The smallest absolute Gasteiger partial charge is 0.145 e. The Bertz CT molecular complexity index is 3580. The SMILES string of the molecule is c1ccc(N(c2ccccc2)c2cc3c(c4c2sc2ccccc24)-c2c(cc(N(c4ccccc4)c4ccccc4)c4c2oc2ccccc24)C3(c2ccccc2)c2ccccc2)cc1. The molecular formula is C61H40N2OS. The lowest BCUT2D eigenvalue weighted by atomic mass is 9.67. The number of benzene rings is 10. The molecule has 1 aliphatic carbocycles. The lowest BCUT2D eigenvalue weighted by Crippen LogP contribution is -2.29. The van der Waals surface area contributed by atoms with E-state index in [9.17, 15) is 0 Å². The van der Waals surface area contributed by atoms with Crippen LogP contribution in [-0.2, 0) is 5.41 Å². The first kappa shape index (κ1) is 37.4. The molecule has 0 fully saturated rings. The monoisotopic (exact) mass is 848 g/mol. The van der Waals surface area contributed by atoms with Gasteiger partial charge < -0.3 is 14.2 Å². The van der Waals surface area contributed by atoms with Gasteiger partial charge in [0, 0.05) is 49.2 Å². The molecule has 2 heterocycles. The maximum atomic E-state index is 7.40. The Morgan fingerprint density at radius 2 is 0.785 bits per heavy atom. The second-order valence-electron chi connectivity index (χ2n) is 16.7. The molecule has 0 aliphatic heterocycles. The summed E-state index contributed by atoms with van der Waals surface area (Å²) in [7, 11) is 0. The van der Waals surface area contributed by atoms with Crippen LogP contribution in [0.2, 0.25) is 0 Å². The minimum absolute atomic E-state index is 0.779. The van der Waals surface area contributed by atoms with Crippen molar-refractivity contribution in [1.29, 1.82) is 0 Å². The quantitative estimate of drug-likeness (QED) is 0.152. The largest absolute Gasteiger partial charge is 0.455 e. The summed E-state index contributed by atoms with van der Waals surface area (Å²) in [6.07, 6.45) is 0. The molecule has 12 aromatic rings. The van der Waals surface area contributed by atoms with Gasteiger partial charge >= 0.3 is 0 Å². The van der Waals surface area contributed by atoms with E-state index in [-0.39, 0.29) is 0 Å². The van der Waals surface area contributed by atoms with Crippen molar-refractivity contribution < 1.29 is 4.42 Å². The molecule has 65 heavy (non-hydrogen) atoms. The zero-order valence-electron chi connectivity index (χ0n) is 35.3. The molecular weight excluding hydrogens is 809 g/mol. The molecule has 4 heteroatoms. The lowest BCUT2D eigenvalue weighted by Gasteiger charge is -2.36. The summed E-state index contributed by atoms with van der Waals surface area (Å²) in [5.74, 6) is 0. The van der Waals surface area contributed by atoms with Crippen LogP contribution in [0.3, 0.4) is 0 Å². The molecule has 1 aliphatic rings. The summed E-state index contributed by atoms with van der Waals surface area (Å²) >= 11 is 1.87. The van der Waals surface area contributed by atoms with Crippen molar-refractivity contribution >= 4 is 87.6 Å². The number of fused-ring (bicyclic) bond motifs is 11. The molecule has 0 N–H and O–H groups in total. The molecule has 0 atom stereocenters. The number of anilines is 6. The van der Waals surface area contributed by atoms with Gasteiger partial charge in [-0.05, 0) is 101 Å². The van der Waals surface area contributed by atoms with Gasteiger partial charge in [-0.15, -0.1) is 11.3 Å². The predicted octanol–water partition coefficient (Wildman–Crippen LogP) is 17.3. The minimum atomic E-state index is -0.779. The van der Waals surface area contributed by atoms with Gasteiger partial charge in [-0.2, -0.15) is 0 Å². The van der Waals surface area contributed by atoms with Crippen LogP contribution in [0.5, 0.6) is 0 Å². The normalized spacial score (nSPS) is 12.7. The van der Waals surface area contributed by atoms with Gasteiger partial charge in [0.25, 0.3) is 0 Å². The first-order valence-corrected chi connectivity index (χ1v) is 23.0. The average molecular weight is 849 g/mol. The number of rotatable bonds is 8. The van der Waals surface area contributed by atoms with Gasteiger partial charge in [0.15, 0.2) is 0 Å². The van der Waals surface area contributed by atoms with Crippen molar-refractivity contribution in [3.8, 4) is 11.1 Å². The standard InChI is InChI=1S/C61H40N2OS/c1-7-23-41(24-8-1)61(42-25-9-2-10-26-42)49-40-52(63(45-31-15-5-16-32-45)46-33-17-6-18-34-46)60-56(48-36-20-22-38-54(48)65-60)57(49)58-50(61)39-51(55-47-35-19-21-37-53(47)64-59(55)58)62(43-27-11-3-12-28-43)44-29-13-4-14-30-44/h1-40H. The summed E-state index contributed by atoms with van der Waals surface area (Å²) in [5, 5.41) is 4.64. The Morgan fingerprint density at radius 1 is 0.369 bits per heavy atom. The van der Waals surface area contributed by atoms with E-state index < -0.39 is 5.41 Å². The second-order valence-corrected chi connectivity index (χ2v) is 17.8. The van der Waals surface area contributed by atoms with Gasteiger partial charge in [0.1, 0.15) is 11.2 Å². The highest BCUT2D eigenvalue weighted by Crippen LogP contribution is 2.65. The predicted molar refractivity (Wildman–Crippen MR) is 273 cm³/mol. The number of thiophene rings is 1. The summed E-state index contributed by atoms with van der Waals surface area (Å²) in [5.41, 5.74) is 14.6. The van der Waals surface area contributed by atoms with E-state index in [1.54, 1.807) is 0 Å². The number of furan rings is 1. The van der Waals surface area contributed by atoms with Crippen molar-refractivity contribution in [1.82, 2.24) is 0 Å². The van der Waals surface area contributed by atoms with Crippen LogP contribution < -0.4 is 9.80 Å². The molecule has 2 aromatic heterocycles. The zero-order chi connectivity index (χ0) is 42.9. The van der Waals surface area contributed by atoms with E-state index in [2.05, 4.69) is 252 Å². The Morgan fingerprint density at radius 3 is 1.32 bits per heavy atom. The van der Waals surface area contributed by atoms with Crippen molar-refractivity contribution in [2.24, 2.45) is 0 Å². The second kappa shape index (κ2) is 15.0. The highest BCUT2D eigenvalue weighted by Gasteiger charge is 2.50. The van der Waals surface area contributed by atoms with Gasteiger partial charge in [-0.1, -0.05) is 170 Å². The van der Waals surface area contributed by atoms with Gasteiger partial charge in [0.05, 0.1) is 26.9 Å². The van der Waals surface area contributed by atoms with Gasteiger partial charge in [-0.25, -0.2) is 0 Å². The minimum Gasteiger partial charge on any atom is -0.455 e. The van der Waals surface area contributed by atoms with Crippen molar-refractivity contribution in [3.05, 3.63) is 265 Å². The molecule has 0 amide bonds. The molecule has 13 rings (SSSR count). The maximum absolute atomic E-state index is 7.40. The van der Waals surface area contributed by atoms with Gasteiger partial charge in [-0.3, -0.25) is 0 Å². The third-order valence-electron chi connectivity index (χ3n) is 13.3. The van der Waals surface area contributed by atoms with Crippen LogP contribution in [0, 0.1) is 0 Å². The van der Waals surface area contributed by atoms with E-state index in [1.165, 1.54) is 48.0 Å². The zero-order valence-corrected chi connectivity index (χ0v) is 36.1. The van der Waals surface area contributed by atoms with Crippen molar-refractivity contribution in [2.45, 2.75) is 5.41 Å². The topological polar surface area (TPSA) is 19.6 Å². The highest BCUT2D eigenvalue weighted by molar-refractivity contribution is 7.26. The van der Waals surface area contributed by atoms with E-state index in [0.717, 1.165) is 61.6 Å². The molecule has 0 saturated heterocycles. The summed E-state index contributed by atoms with van der Waals surface area (Å²) < 4.78 is 9.87. The number of hydrogen-bond acceptors (Lipinski definition) is 4. The Hall–Kier alpha value is -8.18. The van der Waals surface area contributed by atoms with E-state index in [1.807, 2.05) is 11.3 Å². The average Bonchev–Trinajstić information content (AvgIpc) is 4.05. The Balaban J connectivity index is 1.28. The molecule has 0 unspecified atom stereocenters. The van der Waals surface area contributed by atoms with E-state index in [0.29, 0.717) is 0 Å². The third-order valence-corrected chi connectivity index (χ3v) is 14.5. The van der Waals surface area contributed by atoms with Crippen LogP contribution in [0.1, 0.15) is 22.3 Å². The first-order chi connectivity index (χ1) is 32.3. The molecule has 0 saturated carbocycles. The Kier molecular flexibility index (Phi) is 8.62. The molecule has 0 radical (unpaired) electrons.